The Kier molecular flexibility index (Phi) is 6.10. The van der Waals surface area contributed by atoms with Crippen LogP contribution in [0.15, 0.2) is 73.3 Å². The summed E-state index contributed by atoms with van der Waals surface area (Å²) in [5.41, 5.74) is 3.81. The number of benzene rings is 1. The van der Waals surface area contributed by atoms with Crippen molar-refractivity contribution < 1.29 is 9.47 Å². The van der Waals surface area contributed by atoms with Gasteiger partial charge in [-0.1, -0.05) is 37.8 Å². The van der Waals surface area contributed by atoms with Crippen molar-refractivity contribution in [1.29, 1.82) is 5.26 Å². The lowest BCUT2D eigenvalue weighted by Gasteiger charge is -2.16. The average molecular weight is 386 g/mol. The predicted molar refractivity (Wildman–Crippen MR) is 113 cm³/mol. The van der Waals surface area contributed by atoms with Crippen LogP contribution in [0.25, 0.3) is 16.8 Å². The fourth-order valence-corrected chi connectivity index (χ4v) is 3.10. The summed E-state index contributed by atoms with van der Waals surface area (Å²) in [6, 6.07) is 9.92. The van der Waals surface area contributed by atoms with Gasteiger partial charge in [0.25, 0.3) is 0 Å². The topological polar surface area (TPSA) is 72.4 Å². The Labute approximate surface area is 170 Å². The molecule has 29 heavy (non-hydrogen) atoms. The highest BCUT2D eigenvalue weighted by Gasteiger charge is 2.18. The summed E-state index contributed by atoms with van der Waals surface area (Å²) < 4.78 is 12.3. The fraction of sp³-hybridized carbons (Fsp3) is 0.174. The van der Waals surface area contributed by atoms with Crippen molar-refractivity contribution in [2.75, 3.05) is 14.2 Å². The maximum atomic E-state index is 9.36. The van der Waals surface area contributed by atoms with Crippen molar-refractivity contribution in [3.8, 4) is 22.9 Å². The van der Waals surface area contributed by atoms with Gasteiger partial charge in [-0.3, -0.25) is 0 Å². The van der Waals surface area contributed by atoms with E-state index < -0.39 is 0 Å². The third-order valence-corrected chi connectivity index (χ3v) is 4.58. The smallest absolute Gasteiger partial charge is 0.173 e. The number of methoxy groups -OCH3 is 2. The van der Waals surface area contributed by atoms with Gasteiger partial charge in [0.1, 0.15) is 23.1 Å². The minimum Gasteiger partial charge on any atom is -0.497 e. The molecule has 2 aromatic heterocycles. The van der Waals surface area contributed by atoms with Crippen LogP contribution < -0.4 is 4.74 Å². The van der Waals surface area contributed by atoms with Gasteiger partial charge in [-0.05, 0) is 29.8 Å². The molecule has 0 aliphatic rings. The molecule has 1 atom stereocenters. The summed E-state index contributed by atoms with van der Waals surface area (Å²) >= 11 is 0. The molecule has 0 aliphatic heterocycles. The Hall–Kier alpha value is -3.85. The Morgan fingerprint density at radius 1 is 1.24 bits per heavy atom. The summed E-state index contributed by atoms with van der Waals surface area (Å²) in [4.78, 5) is 4.49. The van der Waals surface area contributed by atoms with E-state index in [0.717, 1.165) is 22.6 Å². The molecule has 1 unspecified atom stereocenters. The molecule has 0 spiro atoms. The molecular weight excluding hydrogens is 364 g/mol. The average Bonchev–Trinajstić information content (AvgIpc) is 3.19. The van der Waals surface area contributed by atoms with Gasteiger partial charge in [0.05, 0.1) is 26.1 Å². The van der Waals surface area contributed by atoms with Crippen molar-refractivity contribution >= 4 is 5.65 Å². The van der Waals surface area contributed by atoms with Gasteiger partial charge in [0, 0.05) is 17.7 Å². The number of rotatable bonds is 7. The van der Waals surface area contributed by atoms with Crippen molar-refractivity contribution in [2.45, 2.75) is 12.8 Å². The molecule has 2 heterocycles. The maximum absolute atomic E-state index is 9.36. The minimum absolute atomic E-state index is 0.0348. The van der Waals surface area contributed by atoms with Gasteiger partial charge in [0.15, 0.2) is 5.65 Å². The van der Waals surface area contributed by atoms with Crippen LogP contribution in [0.2, 0.25) is 0 Å². The second-order valence-corrected chi connectivity index (χ2v) is 6.35. The van der Waals surface area contributed by atoms with E-state index in [2.05, 4.69) is 29.7 Å². The lowest BCUT2D eigenvalue weighted by Crippen LogP contribution is -2.06. The summed E-state index contributed by atoms with van der Waals surface area (Å²) in [5, 5.41) is 13.8. The molecule has 0 bridgehead atoms. The van der Waals surface area contributed by atoms with E-state index in [9.17, 15) is 5.26 Å². The highest BCUT2D eigenvalue weighted by Crippen LogP contribution is 2.31. The molecule has 0 saturated heterocycles. The minimum atomic E-state index is -0.0348. The third kappa shape index (κ3) is 4.04. The zero-order chi connectivity index (χ0) is 20.8. The molecule has 0 aliphatic carbocycles. The molecule has 6 heteroatoms. The van der Waals surface area contributed by atoms with E-state index in [4.69, 9.17) is 9.47 Å². The monoisotopic (exact) mass is 386 g/mol. The molecule has 3 rings (SSSR count). The van der Waals surface area contributed by atoms with Crippen LogP contribution in [0.5, 0.6) is 5.75 Å². The standard InChI is InChI=1S/C23H22N4O2/c1-5-6-19(28-3)10-7-16(2)22-21(17-8-11-20(29-4)12-9-17)15-25-23-18(13-24)14-26-27(22)23/h5-12,14-16H,1H2,2-4H3/b10-7-,19-6+. The van der Waals surface area contributed by atoms with Gasteiger partial charge in [0.2, 0.25) is 0 Å². The van der Waals surface area contributed by atoms with E-state index in [1.807, 2.05) is 36.4 Å². The lowest BCUT2D eigenvalue weighted by atomic mass is 9.97. The van der Waals surface area contributed by atoms with Crippen LogP contribution in [0.4, 0.5) is 0 Å². The Morgan fingerprint density at radius 2 is 2.00 bits per heavy atom. The molecular formula is C23H22N4O2. The van der Waals surface area contributed by atoms with Crippen LogP contribution in [0.1, 0.15) is 24.1 Å². The summed E-state index contributed by atoms with van der Waals surface area (Å²) in [6.07, 6.45) is 10.7. The summed E-state index contributed by atoms with van der Waals surface area (Å²) in [5.74, 6) is 1.44. The number of nitriles is 1. The first kappa shape index (κ1) is 19.9. The Balaban J connectivity index is 2.16. The number of allylic oxidation sites excluding steroid dienone is 4. The Morgan fingerprint density at radius 3 is 2.62 bits per heavy atom. The van der Waals surface area contributed by atoms with Gasteiger partial charge in [-0.15, -0.1) is 0 Å². The Bertz CT molecular complexity index is 1120. The fourth-order valence-electron chi connectivity index (χ4n) is 3.10. The number of ether oxygens (including phenoxy) is 2. The third-order valence-electron chi connectivity index (χ3n) is 4.58. The first-order chi connectivity index (χ1) is 14.1. The number of hydrogen-bond donors (Lipinski definition) is 0. The first-order valence-electron chi connectivity index (χ1n) is 9.09. The maximum Gasteiger partial charge on any atom is 0.173 e. The van der Waals surface area contributed by atoms with E-state index in [1.165, 1.54) is 6.20 Å². The van der Waals surface area contributed by atoms with Crippen LogP contribution in [0, 0.1) is 11.3 Å². The number of nitrogens with zero attached hydrogens (tertiary/aromatic N) is 4. The molecule has 0 fully saturated rings. The van der Waals surface area contributed by atoms with Crippen molar-refractivity contribution in [2.24, 2.45) is 0 Å². The van der Waals surface area contributed by atoms with E-state index in [-0.39, 0.29) is 5.92 Å². The zero-order valence-corrected chi connectivity index (χ0v) is 16.7. The van der Waals surface area contributed by atoms with E-state index >= 15 is 0 Å². The molecule has 1 aromatic carbocycles. The van der Waals surface area contributed by atoms with Crippen molar-refractivity contribution in [3.05, 3.63) is 84.6 Å². The van der Waals surface area contributed by atoms with Crippen molar-refractivity contribution in [1.82, 2.24) is 14.6 Å². The highest BCUT2D eigenvalue weighted by atomic mass is 16.5. The van der Waals surface area contributed by atoms with E-state index in [1.54, 1.807) is 37.1 Å². The SMILES string of the molecule is C=C/C=C(\C=C/C(C)c1c(-c2ccc(OC)cc2)cnc2c(C#N)cnn12)OC. The second-order valence-electron chi connectivity index (χ2n) is 6.35. The lowest BCUT2D eigenvalue weighted by molar-refractivity contribution is 0.306. The van der Waals surface area contributed by atoms with Gasteiger partial charge in [-0.25, -0.2) is 9.50 Å². The molecule has 0 saturated carbocycles. The summed E-state index contributed by atoms with van der Waals surface area (Å²) in [6.45, 7) is 5.76. The zero-order valence-electron chi connectivity index (χ0n) is 16.7. The van der Waals surface area contributed by atoms with Crippen molar-refractivity contribution in [3.63, 3.8) is 0 Å². The van der Waals surface area contributed by atoms with Crippen LogP contribution in [-0.4, -0.2) is 28.8 Å². The van der Waals surface area contributed by atoms with Gasteiger partial charge >= 0.3 is 0 Å². The predicted octanol–water partition coefficient (Wildman–Crippen LogP) is 4.65. The molecule has 0 radical (unpaired) electrons. The molecule has 3 aromatic rings. The van der Waals surface area contributed by atoms with E-state index in [0.29, 0.717) is 17.0 Å². The second kappa shape index (κ2) is 8.89. The first-order valence-corrected chi connectivity index (χ1v) is 9.09. The number of fused-ring (bicyclic) bond motifs is 1. The molecule has 0 N–H and O–H groups in total. The van der Waals surface area contributed by atoms with Gasteiger partial charge in [-0.2, -0.15) is 10.4 Å². The normalized spacial score (nSPS) is 12.7. The number of hydrogen-bond acceptors (Lipinski definition) is 5. The summed E-state index contributed by atoms with van der Waals surface area (Å²) in [7, 11) is 3.25. The van der Waals surface area contributed by atoms with Crippen LogP contribution in [0.3, 0.4) is 0 Å². The molecule has 6 nitrogen and oxygen atoms in total. The highest BCUT2D eigenvalue weighted by molar-refractivity contribution is 5.69. The largest absolute Gasteiger partial charge is 0.497 e. The number of aromatic nitrogens is 3. The van der Waals surface area contributed by atoms with Gasteiger partial charge < -0.3 is 9.47 Å². The molecule has 146 valence electrons. The quantitative estimate of drug-likeness (QED) is 0.436. The molecule has 0 amide bonds. The van der Waals surface area contributed by atoms with Crippen LogP contribution in [-0.2, 0) is 4.74 Å². The van der Waals surface area contributed by atoms with Crippen LogP contribution >= 0.6 is 0 Å².